The number of allylic oxidation sites excluding steroid dienone is 6. The normalized spacial score (nSPS) is 35.6. The fourth-order valence-corrected chi connectivity index (χ4v) is 11.8. The van der Waals surface area contributed by atoms with Gasteiger partial charge in [-0.15, -0.1) is 0 Å². The van der Waals surface area contributed by atoms with Crippen molar-refractivity contribution in [3.63, 3.8) is 0 Å². The number of carbonyl (C=O) groups excluding carboxylic acids is 6. The van der Waals surface area contributed by atoms with Crippen LogP contribution >= 0.6 is 0 Å². The van der Waals surface area contributed by atoms with Gasteiger partial charge in [0.1, 0.15) is 0 Å². The van der Waals surface area contributed by atoms with Crippen LogP contribution in [-0.4, -0.2) is 75.2 Å². The molecule has 0 aliphatic carbocycles. The third-order valence-electron chi connectivity index (χ3n) is 15.4. The first kappa shape index (κ1) is 51.5. The number of hydrogen-bond donors (Lipinski definition) is 7. The maximum absolute atomic E-state index is 13.4. The number of nitrogens with two attached hydrogens (primary N) is 6. The van der Waals surface area contributed by atoms with E-state index in [-0.39, 0.29) is 87.4 Å². The minimum Gasteiger partial charge on any atom is -0.682 e. The predicted octanol–water partition coefficient (Wildman–Crippen LogP) is 3.11. The Morgan fingerprint density at radius 3 is 1.69 bits per heavy atom. The van der Waals surface area contributed by atoms with Crippen molar-refractivity contribution in [3.8, 4) is 0 Å². The SMILES string of the molecule is C/C1=C2N=C(/C=C3N=C(/C(C)=C4\[N-]C(C(CC(N)=O)C4(C)CCC(=O)O)C4(C)N=C1C(CCC(N)=O)C4(C)CC(N)=O)C(CCC(N)=O)C\3(C)C)C(CCC(N)=O)C/2(C)CC(N)=O.[Co+3]. The Balaban J connectivity index is 0.00000898. The quantitative estimate of drug-likeness (QED) is 0.107. The van der Waals surface area contributed by atoms with E-state index in [9.17, 15) is 38.7 Å². The van der Waals surface area contributed by atoms with Gasteiger partial charge in [0.05, 0.1) is 11.2 Å². The molecule has 0 radical (unpaired) electrons. The summed E-state index contributed by atoms with van der Waals surface area (Å²) in [6, 6.07) is -0.938. The van der Waals surface area contributed by atoms with Crippen LogP contribution in [0.15, 0.2) is 49.3 Å². The Bertz CT molecular complexity index is 2230. The second kappa shape index (κ2) is 18.4. The summed E-state index contributed by atoms with van der Waals surface area (Å²) in [6.07, 6.45) is 1.37. The third kappa shape index (κ3) is 9.06. The van der Waals surface area contributed by atoms with Gasteiger partial charge in [-0.1, -0.05) is 40.7 Å². The second-order valence-corrected chi connectivity index (χ2v) is 19.8. The predicted molar refractivity (Wildman–Crippen MR) is 237 cm³/mol. The summed E-state index contributed by atoms with van der Waals surface area (Å²) in [6.45, 7) is 15.0. The molecule has 1 fully saturated rings. The number of carbonyl (C=O) groups is 7. The molecule has 5 aliphatic rings. The molecule has 350 valence electrons. The van der Waals surface area contributed by atoms with Crippen LogP contribution in [0.1, 0.15) is 126 Å². The number of fused-ring (bicyclic) bond motifs is 6. The molecule has 64 heavy (non-hydrogen) atoms. The summed E-state index contributed by atoms with van der Waals surface area (Å²) in [5.74, 6) is -7.22. The van der Waals surface area contributed by atoms with E-state index in [1.807, 2.05) is 54.5 Å². The molecule has 0 saturated carbocycles. The van der Waals surface area contributed by atoms with Crippen LogP contribution in [0.2, 0.25) is 0 Å². The number of primary amides is 6. The summed E-state index contributed by atoms with van der Waals surface area (Å²) < 4.78 is 0. The molecule has 0 aromatic heterocycles. The van der Waals surface area contributed by atoms with Gasteiger partial charge in [-0.25, -0.2) is 0 Å². The molecule has 5 rings (SSSR count). The Morgan fingerprint density at radius 2 is 1.19 bits per heavy atom. The Hall–Kier alpha value is -5.17. The van der Waals surface area contributed by atoms with E-state index in [0.717, 1.165) is 0 Å². The van der Waals surface area contributed by atoms with Crippen molar-refractivity contribution in [2.75, 3.05) is 0 Å². The van der Waals surface area contributed by atoms with Gasteiger partial charge < -0.3 is 44.8 Å². The minimum atomic E-state index is -1.41. The van der Waals surface area contributed by atoms with Crippen LogP contribution in [0.4, 0.5) is 0 Å². The molecule has 9 unspecified atom stereocenters. The topological polar surface area (TPSA) is 347 Å². The number of nitrogens with zero attached hydrogens (tertiary/aromatic N) is 4. The van der Waals surface area contributed by atoms with E-state index in [4.69, 9.17) is 54.7 Å². The van der Waals surface area contributed by atoms with Crippen LogP contribution in [0.3, 0.4) is 0 Å². The van der Waals surface area contributed by atoms with Crippen molar-refractivity contribution in [2.45, 2.75) is 138 Å². The van der Waals surface area contributed by atoms with Crippen molar-refractivity contribution < 1.29 is 55.4 Å². The fraction of sp³-hybridized carbons (Fsp3) is 0.644. The molecule has 0 spiro atoms. The number of aliphatic imine (C=N–C) groups is 3. The van der Waals surface area contributed by atoms with Crippen molar-refractivity contribution >= 4 is 58.5 Å². The first-order valence-electron chi connectivity index (χ1n) is 21.6. The van der Waals surface area contributed by atoms with E-state index in [0.29, 0.717) is 45.4 Å². The Morgan fingerprint density at radius 1 is 0.656 bits per heavy atom. The number of hydrogen-bond acceptors (Lipinski definition) is 10. The third-order valence-corrected chi connectivity index (χ3v) is 15.4. The molecule has 19 heteroatoms. The van der Waals surface area contributed by atoms with E-state index < -0.39 is 98.3 Å². The number of rotatable bonds is 18. The average Bonchev–Trinajstić information content (AvgIpc) is 3.75. The molecule has 18 nitrogen and oxygen atoms in total. The summed E-state index contributed by atoms with van der Waals surface area (Å²) in [7, 11) is 0. The van der Waals surface area contributed by atoms with Crippen LogP contribution in [0, 0.1) is 45.3 Å². The number of carboxylic acid groups (broad SMARTS) is 1. The second-order valence-electron chi connectivity index (χ2n) is 19.8. The van der Waals surface area contributed by atoms with E-state index >= 15 is 0 Å². The average molecular weight is 933 g/mol. The summed E-state index contributed by atoms with van der Waals surface area (Å²) in [5.41, 5.74) is 33.9. The van der Waals surface area contributed by atoms with Gasteiger partial charge in [0.15, 0.2) is 0 Å². The van der Waals surface area contributed by atoms with E-state index in [2.05, 4.69) is 0 Å². The van der Waals surface area contributed by atoms with Gasteiger partial charge in [0.2, 0.25) is 35.4 Å². The zero-order chi connectivity index (χ0) is 47.4. The number of aliphatic carboxylic acids is 1. The first-order valence-corrected chi connectivity index (χ1v) is 21.6. The molecule has 0 aromatic rings. The van der Waals surface area contributed by atoms with Gasteiger partial charge in [0.25, 0.3) is 0 Å². The molecule has 5 heterocycles. The molecular weight excluding hydrogens is 867 g/mol. The van der Waals surface area contributed by atoms with E-state index in [1.54, 1.807) is 6.92 Å². The number of carboxylic acids is 1. The van der Waals surface area contributed by atoms with Gasteiger partial charge >= 0.3 is 22.7 Å². The number of amides is 6. The van der Waals surface area contributed by atoms with Crippen LogP contribution in [0.5, 0.6) is 0 Å². The zero-order valence-electron chi connectivity index (χ0n) is 38.1. The van der Waals surface area contributed by atoms with Crippen molar-refractivity contribution in [1.82, 2.24) is 0 Å². The molecule has 13 N–H and O–H groups in total. The van der Waals surface area contributed by atoms with Gasteiger partial charge in [0, 0.05) is 102 Å². The van der Waals surface area contributed by atoms with E-state index in [1.165, 1.54) is 0 Å². The smallest absolute Gasteiger partial charge is 0.682 e. The van der Waals surface area contributed by atoms with Gasteiger partial charge in [-0.3, -0.25) is 48.5 Å². The monoisotopic (exact) mass is 932 g/mol. The molecule has 5 aliphatic heterocycles. The molecule has 0 aromatic carbocycles. The van der Waals surface area contributed by atoms with Crippen molar-refractivity contribution in [3.05, 3.63) is 39.6 Å². The van der Waals surface area contributed by atoms with Crippen LogP contribution in [-0.2, 0) is 50.3 Å². The molecule has 1 saturated heterocycles. The summed E-state index contributed by atoms with van der Waals surface area (Å²) in [5, 5.41) is 15.6. The molecule has 9 atom stereocenters. The largest absolute Gasteiger partial charge is 3.00 e. The summed E-state index contributed by atoms with van der Waals surface area (Å²) in [4.78, 5) is 106. The van der Waals surface area contributed by atoms with Crippen molar-refractivity contribution in [1.29, 1.82) is 0 Å². The molecule has 8 bridgehead atoms. The zero-order valence-corrected chi connectivity index (χ0v) is 39.2. The maximum atomic E-state index is 13.4. The molecule has 6 amide bonds. The summed E-state index contributed by atoms with van der Waals surface area (Å²) >= 11 is 0. The minimum absolute atomic E-state index is 0. The van der Waals surface area contributed by atoms with Crippen molar-refractivity contribution in [2.24, 2.45) is 94.7 Å². The van der Waals surface area contributed by atoms with Gasteiger partial charge in [-0.2, -0.15) is 5.70 Å². The maximum Gasteiger partial charge on any atom is 3.00 e. The Kier molecular flexibility index (Phi) is 14.8. The Labute approximate surface area is 384 Å². The van der Waals surface area contributed by atoms with Gasteiger partial charge in [-0.05, 0) is 75.0 Å². The molecular formula is C45H65CoN10O8+2. The van der Waals surface area contributed by atoms with Crippen LogP contribution in [0.25, 0.3) is 5.32 Å². The first-order chi connectivity index (χ1) is 29.0. The fourth-order valence-electron chi connectivity index (χ4n) is 11.8. The standard InChI is InChI=1S/C45H66N10O8.Co/c1-21-36-24(10-13-30(47)57)41(3,4)28(53-36)18-27-23(9-12-29(46)56)43(6,19-33(50)60)39(52-27)22(2)37-25(11-14-31(48)58)44(7,20-34(51)61)45(8,55-37)40-26(17-32(49)59)42(5,38(21)54-40)16-15-35(62)63;/h18,23-26,40H,9-17,19-20H2,1-8H3,(H14,46,47,48,49,50,51,52,53,54,55,56,57,58,59,60,61,62,63);/q;+3/p-1. The van der Waals surface area contributed by atoms with Crippen LogP contribution < -0.4 is 34.4 Å².